The summed E-state index contributed by atoms with van der Waals surface area (Å²) in [6.07, 6.45) is 4.50. The molecule has 3 atom stereocenters. The smallest absolute Gasteiger partial charge is 0.318 e. The van der Waals surface area contributed by atoms with E-state index in [2.05, 4.69) is 22.8 Å². The first kappa shape index (κ1) is 13.9. The number of nitrogens with zero attached hydrogens (tertiary/aromatic N) is 1. The molecule has 0 aliphatic carbocycles. The van der Waals surface area contributed by atoms with Crippen molar-refractivity contribution in [2.45, 2.75) is 50.8 Å². The van der Waals surface area contributed by atoms with Gasteiger partial charge in [-0.3, -0.25) is 0 Å². The van der Waals surface area contributed by atoms with E-state index in [0.717, 1.165) is 38.8 Å². The number of carbonyl (C=O) groups is 1. The van der Waals surface area contributed by atoms with Crippen LogP contribution in [0.25, 0.3) is 0 Å². The summed E-state index contributed by atoms with van der Waals surface area (Å²) in [5.74, 6) is 0. The van der Waals surface area contributed by atoms with Crippen LogP contribution in [0.3, 0.4) is 0 Å². The average molecular weight is 294 g/mol. The van der Waals surface area contributed by atoms with E-state index in [9.17, 15) is 4.79 Å². The van der Waals surface area contributed by atoms with Crippen molar-refractivity contribution in [1.82, 2.24) is 10.2 Å². The van der Waals surface area contributed by atoms with Crippen molar-refractivity contribution in [2.75, 3.05) is 13.2 Å². The van der Waals surface area contributed by atoms with E-state index in [0.29, 0.717) is 0 Å². The molecule has 3 rings (SSSR count). The zero-order valence-electron chi connectivity index (χ0n) is 11.9. The van der Waals surface area contributed by atoms with Crippen LogP contribution in [0.1, 0.15) is 43.5 Å². The van der Waals surface area contributed by atoms with Crippen LogP contribution in [0.4, 0.5) is 4.79 Å². The third kappa shape index (κ3) is 2.83. The highest BCUT2D eigenvalue weighted by Crippen LogP contribution is 2.34. The number of thiophene rings is 1. The first-order valence-corrected chi connectivity index (χ1v) is 8.36. The van der Waals surface area contributed by atoms with Crippen LogP contribution in [0.5, 0.6) is 0 Å². The maximum absolute atomic E-state index is 12.5. The van der Waals surface area contributed by atoms with E-state index in [1.165, 1.54) is 4.88 Å². The summed E-state index contributed by atoms with van der Waals surface area (Å²) in [5, 5.41) is 5.20. The van der Waals surface area contributed by atoms with Crippen LogP contribution >= 0.6 is 11.3 Å². The Balaban J connectivity index is 1.61. The lowest BCUT2D eigenvalue weighted by atomic mass is 10.1. The molecule has 2 aliphatic rings. The predicted octanol–water partition coefficient (Wildman–Crippen LogP) is 3.16. The fraction of sp³-hybridized carbons (Fsp3) is 0.667. The van der Waals surface area contributed by atoms with E-state index in [-0.39, 0.29) is 24.2 Å². The molecule has 20 heavy (non-hydrogen) atoms. The molecule has 1 N–H and O–H groups in total. The van der Waals surface area contributed by atoms with E-state index in [1.54, 1.807) is 11.3 Å². The van der Waals surface area contributed by atoms with Crippen molar-refractivity contribution in [1.29, 1.82) is 0 Å². The minimum absolute atomic E-state index is 0.0592. The van der Waals surface area contributed by atoms with Gasteiger partial charge in [0, 0.05) is 18.0 Å². The maximum Gasteiger partial charge on any atom is 0.318 e. The Bertz CT molecular complexity index is 443. The molecule has 1 aromatic rings. The predicted molar refractivity (Wildman–Crippen MR) is 80.0 cm³/mol. The van der Waals surface area contributed by atoms with Crippen molar-refractivity contribution in [2.24, 2.45) is 0 Å². The molecule has 0 aromatic carbocycles. The second kappa shape index (κ2) is 6.14. The second-order valence-electron chi connectivity index (χ2n) is 5.66. The number of urea groups is 1. The van der Waals surface area contributed by atoms with Crippen LogP contribution in [-0.2, 0) is 4.74 Å². The van der Waals surface area contributed by atoms with E-state index < -0.39 is 0 Å². The molecule has 0 spiro atoms. The number of likely N-dealkylation sites (tertiary alicyclic amines) is 1. The highest BCUT2D eigenvalue weighted by Gasteiger charge is 2.32. The van der Waals surface area contributed by atoms with E-state index in [1.807, 2.05) is 11.8 Å². The third-order valence-corrected chi connectivity index (χ3v) is 5.23. The van der Waals surface area contributed by atoms with E-state index >= 15 is 0 Å². The summed E-state index contributed by atoms with van der Waals surface area (Å²) in [6, 6.07) is 4.60. The zero-order valence-corrected chi connectivity index (χ0v) is 12.7. The van der Waals surface area contributed by atoms with Gasteiger partial charge in [0.05, 0.1) is 18.2 Å². The minimum Gasteiger partial charge on any atom is -0.376 e. The van der Waals surface area contributed by atoms with Crippen LogP contribution in [-0.4, -0.2) is 36.2 Å². The molecular formula is C15H22N2O2S. The highest BCUT2D eigenvalue weighted by molar-refractivity contribution is 7.10. The average Bonchev–Trinajstić information content (AvgIpc) is 3.19. The van der Waals surface area contributed by atoms with Gasteiger partial charge in [-0.2, -0.15) is 0 Å². The van der Waals surface area contributed by atoms with E-state index in [4.69, 9.17) is 4.74 Å². The molecule has 0 saturated carbocycles. The standard InChI is InChI=1S/C15H22N2O2S/c1-11(13-6-3-9-19-13)16-15(18)17-8-2-5-12(17)14-7-4-10-20-14/h4,7,10-13H,2-3,5-6,8-9H2,1H3,(H,16,18)/t11-,12+,13-/m0/s1. The Labute approximate surface area is 124 Å². The Morgan fingerprint density at radius 3 is 3.10 bits per heavy atom. The molecule has 0 unspecified atom stereocenters. The maximum atomic E-state index is 12.5. The number of ether oxygens (including phenoxy) is 1. The monoisotopic (exact) mass is 294 g/mol. The van der Waals surface area contributed by atoms with Crippen molar-refractivity contribution in [3.63, 3.8) is 0 Å². The molecule has 1 aromatic heterocycles. The normalized spacial score (nSPS) is 27.8. The van der Waals surface area contributed by atoms with Crippen LogP contribution < -0.4 is 5.32 Å². The summed E-state index contributed by atoms with van der Waals surface area (Å²) >= 11 is 1.74. The van der Waals surface area contributed by atoms with Gasteiger partial charge in [-0.15, -0.1) is 11.3 Å². The summed E-state index contributed by atoms with van der Waals surface area (Å²) in [5.41, 5.74) is 0. The zero-order chi connectivity index (χ0) is 13.9. The molecule has 110 valence electrons. The number of amides is 2. The molecule has 4 nitrogen and oxygen atoms in total. The molecule has 2 fully saturated rings. The minimum atomic E-state index is 0.0592. The van der Waals surface area contributed by atoms with Gasteiger partial charge >= 0.3 is 6.03 Å². The molecule has 3 heterocycles. The number of nitrogens with one attached hydrogen (secondary N) is 1. The third-order valence-electron chi connectivity index (χ3n) is 4.26. The summed E-state index contributed by atoms with van der Waals surface area (Å²) in [7, 11) is 0. The van der Waals surface area contributed by atoms with Crippen molar-refractivity contribution in [3.8, 4) is 0 Å². The van der Waals surface area contributed by atoms with Gasteiger partial charge in [0.1, 0.15) is 0 Å². The summed E-state index contributed by atoms with van der Waals surface area (Å²) in [6.45, 7) is 3.73. The van der Waals surface area contributed by atoms with Crippen molar-refractivity contribution in [3.05, 3.63) is 22.4 Å². The Kier molecular flexibility index (Phi) is 4.27. The first-order valence-electron chi connectivity index (χ1n) is 7.48. The van der Waals surface area contributed by atoms with Gasteiger partial charge in [-0.25, -0.2) is 4.79 Å². The Morgan fingerprint density at radius 1 is 1.50 bits per heavy atom. The molecule has 2 saturated heterocycles. The Morgan fingerprint density at radius 2 is 2.40 bits per heavy atom. The molecule has 0 bridgehead atoms. The SMILES string of the molecule is C[C@H](NC(=O)N1CCC[C@@H]1c1cccs1)[C@@H]1CCCO1. The number of carbonyl (C=O) groups excluding carboxylic acids is 1. The molecule has 2 aliphatic heterocycles. The fourth-order valence-corrected chi connectivity index (χ4v) is 4.03. The van der Waals surface area contributed by atoms with Crippen molar-refractivity contribution >= 4 is 17.4 Å². The second-order valence-corrected chi connectivity index (χ2v) is 6.64. The van der Waals surface area contributed by atoms with Crippen LogP contribution in [0.15, 0.2) is 17.5 Å². The molecule has 0 radical (unpaired) electrons. The Hall–Kier alpha value is -1.07. The molecule has 2 amide bonds. The quantitative estimate of drug-likeness (QED) is 0.930. The lowest BCUT2D eigenvalue weighted by molar-refractivity contribution is 0.0829. The largest absolute Gasteiger partial charge is 0.376 e. The lowest BCUT2D eigenvalue weighted by Crippen LogP contribution is -2.47. The molecular weight excluding hydrogens is 272 g/mol. The summed E-state index contributed by atoms with van der Waals surface area (Å²) < 4.78 is 5.65. The highest BCUT2D eigenvalue weighted by atomic mass is 32.1. The van der Waals surface area contributed by atoms with Crippen LogP contribution in [0, 0.1) is 0 Å². The fourth-order valence-electron chi connectivity index (χ4n) is 3.15. The number of rotatable bonds is 3. The lowest BCUT2D eigenvalue weighted by Gasteiger charge is -2.28. The van der Waals surface area contributed by atoms with Gasteiger partial charge in [0.2, 0.25) is 0 Å². The van der Waals surface area contributed by atoms with Crippen LogP contribution in [0.2, 0.25) is 0 Å². The van der Waals surface area contributed by atoms with Gasteiger partial charge in [0.15, 0.2) is 0 Å². The van der Waals surface area contributed by atoms with Gasteiger partial charge in [-0.1, -0.05) is 6.07 Å². The number of hydrogen-bond acceptors (Lipinski definition) is 3. The van der Waals surface area contributed by atoms with Gasteiger partial charge < -0.3 is 15.0 Å². The summed E-state index contributed by atoms with van der Waals surface area (Å²) in [4.78, 5) is 15.8. The first-order chi connectivity index (χ1) is 9.75. The van der Waals surface area contributed by atoms with Gasteiger partial charge in [0.25, 0.3) is 0 Å². The van der Waals surface area contributed by atoms with Crippen molar-refractivity contribution < 1.29 is 9.53 Å². The topological polar surface area (TPSA) is 41.6 Å². The number of hydrogen-bond donors (Lipinski definition) is 1. The van der Waals surface area contributed by atoms with Gasteiger partial charge in [-0.05, 0) is 44.1 Å². The molecule has 5 heteroatoms.